The number of aromatic nitrogens is 3. The van der Waals surface area contributed by atoms with Gasteiger partial charge in [-0.2, -0.15) is 5.10 Å². The average molecular weight is 264 g/mol. The molecule has 0 aromatic carbocycles. The highest BCUT2D eigenvalue weighted by Gasteiger charge is 2.17. The summed E-state index contributed by atoms with van der Waals surface area (Å²) in [7, 11) is 0. The van der Waals surface area contributed by atoms with Crippen LogP contribution in [-0.4, -0.2) is 32.8 Å². The van der Waals surface area contributed by atoms with E-state index in [0.29, 0.717) is 0 Å². The van der Waals surface area contributed by atoms with Crippen molar-refractivity contribution in [1.29, 1.82) is 0 Å². The topological polar surface area (TPSA) is 53.9 Å². The van der Waals surface area contributed by atoms with Gasteiger partial charge in [-0.05, 0) is 23.9 Å². The largest absolute Gasteiger partial charge is 0.343 e. The lowest BCUT2D eigenvalue weighted by atomic mass is 10.2. The molecule has 18 heavy (non-hydrogen) atoms. The van der Waals surface area contributed by atoms with Gasteiger partial charge >= 0.3 is 5.69 Å². The molecule has 2 aromatic rings. The van der Waals surface area contributed by atoms with Crippen LogP contribution in [0.25, 0.3) is 0 Å². The molecular weight excluding hydrogens is 248 g/mol. The van der Waals surface area contributed by atoms with Crippen LogP contribution in [-0.2, 0) is 19.5 Å². The number of nitrogens with one attached hydrogen (secondary N) is 1. The van der Waals surface area contributed by atoms with Crippen LogP contribution < -0.4 is 5.69 Å². The quantitative estimate of drug-likeness (QED) is 0.880. The van der Waals surface area contributed by atoms with Gasteiger partial charge < -0.3 is 0 Å². The fourth-order valence-electron chi connectivity index (χ4n) is 2.31. The third-order valence-corrected chi connectivity index (χ3v) is 4.47. The van der Waals surface area contributed by atoms with Gasteiger partial charge in [0.25, 0.3) is 0 Å². The van der Waals surface area contributed by atoms with Gasteiger partial charge in [-0.1, -0.05) is 0 Å². The number of thiophene rings is 1. The maximum atomic E-state index is 11.5. The molecule has 0 spiro atoms. The Bertz CT molecular complexity index is 597. The second-order valence-corrected chi connectivity index (χ2v) is 5.65. The summed E-state index contributed by atoms with van der Waals surface area (Å²) in [6.07, 6.45) is 0.836. The van der Waals surface area contributed by atoms with Gasteiger partial charge in [-0.15, -0.1) is 11.3 Å². The van der Waals surface area contributed by atoms with Crippen molar-refractivity contribution in [2.24, 2.45) is 0 Å². The smallest absolute Gasteiger partial charge is 0.296 e. The molecule has 2 aromatic heterocycles. The maximum Gasteiger partial charge on any atom is 0.343 e. The van der Waals surface area contributed by atoms with Crippen LogP contribution >= 0.6 is 11.3 Å². The lowest BCUT2D eigenvalue weighted by molar-refractivity contribution is 0.272. The predicted octanol–water partition coefficient (Wildman–Crippen LogP) is 1.000. The summed E-state index contributed by atoms with van der Waals surface area (Å²) >= 11 is 1.81. The molecule has 0 radical (unpaired) electrons. The monoisotopic (exact) mass is 264 g/mol. The van der Waals surface area contributed by atoms with E-state index < -0.39 is 0 Å². The molecule has 1 aliphatic rings. The molecule has 0 unspecified atom stereocenters. The SMILES string of the molecule is Cc1ccsc1CN1CCc2n[nH]c(=O)n2CC1. The third kappa shape index (κ3) is 2.13. The second-order valence-electron chi connectivity index (χ2n) is 4.65. The van der Waals surface area contributed by atoms with Crippen molar-refractivity contribution >= 4 is 11.3 Å². The summed E-state index contributed by atoms with van der Waals surface area (Å²) in [4.78, 5) is 15.3. The van der Waals surface area contributed by atoms with Crippen molar-refractivity contribution in [3.8, 4) is 0 Å². The number of aryl methyl sites for hydroxylation is 1. The molecule has 6 heteroatoms. The molecule has 0 saturated heterocycles. The van der Waals surface area contributed by atoms with Crippen molar-refractivity contribution in [3.05, 3.63) is 38.2 Å². The van der Waals surface area contributed by atoms with Crippen molar-refractivity contribution in [1.82, 2.24) is 19.7 Å². The Hall–Kier alpha value is -1.40. The first-order valence-corrected chi connectivity index (χ1v) is 7.01. The molecule has 1 N–H and O–H groups in total. The van der Waals surface area contributed by atoms with E-state index in [0.717, 1.165) is 38.4 Å². The number of hydrogen-bond donors (Lipinski definition) is 1. The Morgan fingerprint density at radius 1 is 1.44 bits per heavy atom. The third-order valence-electron chi connectivity index (χ3n) is 3.46. The minimum Gasteiger partial charge on any atom is -0.296 e. The van der Waals surface area contributed by atoms with Gasteiger partial charge in [0.2, 0.25) is 0 Å². The summed E-state index contributed by atoms with van der Waals surface area (Å²) in [5, 5.41) is 8.72. The molecule has 3 heterocycles. The standard InChI is InChI=1S/C12H16N4OS/c1-9-3-7-18-10(9)8-15-4-2-11-13-14-12(17)16(11)6-5-15/h3,7H,2,4-6,8H2,1H3,(H,14,17). The van der Waals surface area contributed by atoms with Crippen molar-refractivity contribution in [2.45, 2.75) is 26.4 Å². The average Bonchev–Trinajstić information content (AvgIpc) is 2.84. The molecule has 0 atom stereocenters. The Kier molecular flexibility index (Phi) is 3.05. The van der Waals surface area contributed by atoms with Crippen LogP contribution in [0.5, 0.6) is 0 Å². The summed E-state index contributed by atoms with van der Waals surface area (Å²) < 4.78 is 1.75. The summed E-state index contributed by atoms with van der Waals surface area (Å²) in [5.74, 6) is 0.880. The summed E-state index contributed by atoms with van der Waals surface area (Å²) in [6.45, 7) is 5.73. The fourth-order valence-corrected chi connectivity index (χ4v) is 3.26. The molecule has 0 amide bonds. The van der Waals surface area contributed by atoms with Crippen LogP contribution in [0.3, 0.4) is 0 Å². The Morgan fingerprint density at radius 2 is 2.33 bits per heavy atom. The normalized spacial score (nSPS) is 16.5. The first-order chi connectivity index (χ1) is 8.74. The molecule has 3 rings (SSSR count). The Morgan fingerprint density at radius 3 is 3.11 bits per heavy atom. The Balaban J connectivity index is 1.72. The molecule has 0 saturated carbocycles. The summed E-state index contributed by atoms with van der Waals surface area (Å²) in [5.41, 5.74) is 1.28. The van der Waals surface area contributed by atoms with Gasteiger partial charge in [0.05, 0.1) is 0 Å². The summed E-state index contributed by atoms with van der Waals surface area (Å²) in [6, 6.07) is 2.16. The molecule has 5 nitrogen and oxygen atoms in total. The van der Waals surface area contributed by atoms with Crippen LogP contribution in [0.2, 0.25) is 0 Å². The van der Waals surface area contributed by atoms with E-state index in [1.165, 1.54) is 10.4 Å². The van der Waals surface area contributed by atoms with Gasteiger partial charge in [0.15, 0.2) is 0 Å². The van der Waals surface area contributed by atoms with E-state index in [1.807, 2.05) is 11.3 Å². The van der Waals surface area contributed by atoms with Crippen LogP contribution in [0.15, 0.2) is 16.2 Å². The molecule has 0 fully saturated rings. The molecule has 0 aliphatic carbocycles. The molecule has 0 bridgehead atoms. The minimum atomic E-state index is -0.0841. The minimum absolute atomic E-state index is 0.0841. The predicted molar refractivity (Wildman–Crippen MR) is 70.9 cm³/mol. The number of H-pyrrole nitrogens is 1. The maximum absolute atomic E-state index is 11.5. The van der Waals surface area contributed by atoms with E-state index in [-0.39, 0.29) is 5.69 Å². The molecule has 96 valence electrons. The van der Waals surface area contributed by atoms with E-state index >= 15 is 0 Å². The number of hydrogen-bond acceptors (Lipinski definition) is 4. The van der Waals surface area contributed by atoms with Crippen LogP contribution in [0.4, 0.5) is 0 Å². The van der Waals surface area contributed by atoms with E-state index in [2.05, 4.69) is 33.5 Å². The van der Waals surface area contributed by atoms with E-state index in [9.17, 15) is 4.79 Å². The van der Waals surface area contributed by atoms with Gasteiger partial charge in [-0.25, -0.2) is 9.89 Å². The van der Waals surface area contributed by atoms with Crippen molar-refractivity contribution in [2.75, 3.05) is 13.1 Å². The second kappa shape index (κ2) is 4.70. The lowest BCUT2D eigenvalue weighted by Crippen LogP contribution is -2.28. The van der Waals surface area contributed by atoms with Gasteiger partial charge in [0, 0.05) is 37.5 Å². The van der Waals surface area contributed by atoms with Crippen LogP contribution in [0, 0.1) is 6.92 Å². The zero-order valence-electron chi connectivity index (χ0n) is 10.3. The molecule has 1 aliphatic heterocycles. The highest BCUT2D eigenvalue weighted by molar-refractivity contribution is 7.10. The van der Waals surface area contributed by atoms with Gasteiger partial charge in [-0.3, -0.25) is 9.47 Å². The number of nitrogens with zero attached hydrogens (tertiary/aromatic N) is 3. The van der Waals surface area contributed by atoms with Crippen LogP contribution in [0.1, 0.15) is 16.3 Å². The number of aromatic amines is 1. The highest BCUT2D eigenvalue weighted by atomic mass is 32.1. The van der Waals surface area contributed by atoms with Crippen molar-refractivity contribution < 1.29 is 0 Å². The number of rotatable bonds is 2. The highest BCUT2D eigenvalue weighted by Crippen LogP contribution is 2.18. The fraction of sp³-hybridized carbons (Fsp3) is 0.500. The zero-order chi connectivity index (χ0) is 12.5. The van der Waals surface area contributed by atoms with E-state index in [1.54, 1.807) is 4.57 Å². The van der Waals surface area contributed by atoms with Gasteiger partial charge in [0.1, 0.15) is 5.82 Å². The van der Waals surface area contributed by atoms with Crippen molar-refractivity contribution in [3.63, 3.8) is 0 Å². The molecular formula is C12H16N4OS. The lowest BCUT2D eigenvalue weighted by Gasteiger charge is -2.18. The first-order valence-electron chi connectivity index (χ1n) is 6.13. The Labute approximate surface area is 109 Å². The first kappa shape index (κ1) is 11.7. The van der Waals surface area contributed by atoms with E-state index in [4.69, 9.17) is 0 Å². The number of fused-ring (bicyclic) bond motifs is 1. The zero-order valence-corrected chi connectivity index (χ0v) is 11.2.